The molecule has 2 N–H and O–H groups in total. The second-order valence-corrected chi connectivity index (χ2v) is 6.83. The Morgan fingerprint density at radius 3 is 1.69 bits per heavy atom. The van der Waals surface area contributed by atoms with Crippen LogP contribution in [0.2, 0.25) is 0 Å². The van der Waals surface area contributed by atoms with E-state index in [2.05, 4.69) is 6.58 Å². The molecular weight excluding hydrogens is 442 g/mol. The van der Waals surface area contributed by atoms with Gasteiger partial charge in [0.2, 0.25) is 0 Å². The summed E-state index contributed by atoms with van der Waals surface area (Å²) < 4.78 is 81.8. The number of aliphatic hydroxyl groups is 2. The molecule has 0 unspecified atom stereocenters. The minimum Gasteiger partial charge on any atom is -0.504 e. The number of carbonyl (C=O) groups excluding carboxylic acids is 1. The summed E-state index contributed by atoms with van der Waals surface area (Å²) in [5.41, 5.74) is -2.47. The Morgan fingerprint density at radius 2 is 1.31 bits per heavy atom. The Bertz CT molecular complexity index is 1000. The number of alkyl halides is 6. The lowest BCUT2D eigenvalue weighted by molar-refractivity contribution is -0.138. The second kappa shape index (κ2) is 9.47. The predicted octanol–water partition coefficient (Wildman–Crippen LogP) is 5.99. The minimum atomic E-state index is -4.63. The number of hydrogen-bond donors (Lipinski definition) is 2. The molecule has 0 aliphatic rings. The summed E-state index contributed by atoms with van der Waals surface area (Å²) >= 11 is 0. The summed E-state index contributed by atoms with van der Waals surface area (Å²) in [5.74, 6) is -3.12. The van der Waals surface area contributed by atoms with Gasteiger partial charge in [0, 0.05) is 18.1 Å². The van der Waals surface area contributed by atoms with Gasteiger partial charge in [-0.2, -0.15) is 26.3 Å². The molecule has 0 spiro atoms. The lowest BCUT2D eigenvalue weighted by atomic mass is 9.99. The Hall–Kier alpha value is -3.27. The van der Waals surface area contributed by atoms with Crippen molar-refractivity contribution in [1.82, 2.24) is 0 Å². The summed E-state index contributed by atoms with van der Waals surface area (Å²) in [5, 5.41) is 19.8. The molecule has 0 heterocycles. The van der Waals surface area contributed by atoms with Gasteiger partial charge in [-0.05, 0) is 42.0 Å². The topological polar surface area (TPSA) is 66.8 Å². The first-order valence-corrected chi connectivity index (χ1v) is 9.06. The Kier molecular flexibility index (Phi) is 7.40. The molecular formula is C22H18F6O4. The SMILES string of the molecule is C=C(/C(O)=C(\OC(=O)c1ccc(C(F)(F)F)cc1)c1ccc(C(F)(F)F)cc1)[C@@H](C)CO. The van der Waals surface area contributed by atoms with E-state index < -0.39 is 53.5 Å². The number of hydrogen-bond acceptors (Lipinski definition) is 4. The zero-order valence-corrected chi connectivity index (χ0v) is 16.6. The van der Waals surface area contributed by atoms with Crippen LogP contribution in [0.3, 0.4) is 0 Å². The van der Waals surface area contributed by atoms with Gasteiger partial charge >= 0.3 is 18.3 Å². The first-order chi connectivity index (χ1) is 14.8. The van der Waals surface area contributed by atoms with Gasteiger partial charge in [-0.1, -0.05) is 25.6 Å². The van der Waals surface area contributed by atoms with Crippen LogP contribution in [0.15, 0.2) is 66.4 Å². The number of aliphatic hydroxyl groups excluding tert-OH is 2. The number of ether oxygens (including phenoxy) is 1. The van der Waals surface area contributed by atoms with Gasteiger partial charge in [0.25, 0.3) is 0 Å². The van der Waals surface area contributed by atoms with Crippen molar-refractivity contribution in [3.05, 3.63) is 88.7 Å². The van der Waals surface area contributed by atoms with Crippen molar-refractivity contribution in [2.45, 2.75) is 19.3 Å². The fourth-order valence-corrected chi connectivity index (χ4v) is 2.49. The van der Waals surface area contributed by atoms with E-state index in [-0.39, 0.29) is 16.7 Å². The fourth-order valence-electron chi connectivity index (χ4n) is 2.49. The van der Waals surface area contributed by atoms with Crippen LogP contribution in [0.1, 0.15) is 34.0 Å². The number of allylic oxidation sites excluding steroid dienone is 1. The predicted molar refractivity (Wildman–Crippen MR) is 103 cm³/mol. The number of benzene rings is 2. The molecule has 2 rings (SSSR count). The molecule has 0 saturated carbocycles. The Morgan fingerprint density at radius 1 is 0.906 bits per heavy atom. The average molecular weight is 460 g/mol. The maximum Gasteiger partial charge on any atom is 0.416 e. The standard InChI is InChI=1S/C22H18F6O4/c1-12(11-29)13(2)18(30)19(14-3-7-16(8-4-14)21(23,24)25)32-20(31)15-5-9-17(10-6-15)22(26,27)28/h3-10,12,29-30H,2,11H2,1H3/b19-18+/t12-/m0/s1. The molecule has 0 aromatic heterocycles. The molecule has 0 fully saturated rings. The van der Waals surface area contributed by atoms with E-state index in [4.69, 9.17) is 4.74 Å². The lowest BCUT2D eigenvalue weighted by Gasteiger charge is -2.17. The van der Waals surface area contributed by atoms with Crippen LogP contribution in [0, 0.1) is 5.92 Å². The largest absolute Gasteiger partial charge is 0.504 e. The van der Waals surface area contributed by atoms with Crippen LogP contribution in [-0.4, -0.2) is 22.8 Å². The number of halogens is 6. The highest BCUT2D eigenvalue weighted by Gasteiger charge is 2.32. The summed E-state index contributed by atoms with van der Waals surface area (Å²) in [6.07, 6.45) is -9.25. The van der Waals surface area contributed by atoms with E-state index >= 15 is 0 Å². The molecule has 1 atom stereocenters. The third-order valence-corrected chi connectivity index (χ3v) is 4.51. The second-order valence-electron chi connectivity index (χ2n) is 6.83. The van der Waals surface area contributed by atoms with E-state index in [1.54, 1.807) is 0 Å². The van der Waals surface area contributed by atoms with Crippen molar-refractivity contribution in [2.24, 2.45) is 5.92 Å². The van der Waals surface area contributed by atoms with Crippen molar-refractivity contribution in [1.29, 1.82) is 0 Å². The van der Waals surface area contributed by atoms with Crippen molar-refractivity contribution >= 4 is 11.7 Å². The molecule has 0 aliphatic carbocycles. The molecule has 0 radical (unpaired) electrons. The Labute approximate surface area is 179 Å². The third kappa shape index (κ3) is 5.91. The molecule has 0 bridgehead atoms. The minimum absolute atomic E-state index is 0.0670. The fraction of sp³-hybridized carbons (Fsp3) is 0.227. The van der Waals surface area contributed by atoms with E-state index in [9.17, 15) is 41.4 Å². The highest BCUT2D eigenvalue weighted by atomic mass is 19.4. The Balaban J connectivity index is 2.45. The first-order valence-electron chi connectivity index (χ1n) is 9.06. The van der Waals surface area contributed by atoms with Crippen LogP contribution < -0.4 is 0 Å². The number of carbonyl (C=O) groups is 1. The maximum atomic E-state index is 12.8. The molecule has 2 aromatic rings. The smallest absolute Gasteiger partial charge is 0.416 e. The van der Waals surface area contributed by atoms with Gasteiger partial charge in [-0.25, -0.2) is 4.79 Å². The molecule has 10 heteroatoms. The van der Waals surface area contributed by atoms with Gasteiger partial charge in [-0.3, -0.25) is 0 Å². The van der Waals surface area contributed by atoms with E-state index in [1.165, 1.54) is 6.92 Å². The summed E-state index contributed by atoms with van der Waals surface area (Å²) in [6, 6.07) is 6.33. The lowest BCUT2D eigenvalue weighted by Crippen LogP contribution is -2.12. The molecule has 4 nitrogen and oxygen atoms in total. The van der Waals surface area contributed by atoms with E-state index in [1.807, 2.05) is 0 Å². The van der Waals surface area contributed by atoms with Crippen molar-refractivity contribution in [3.8, 4) is 0 Å². The molecule has 2 aromatic carbocycles. The van der Waals surface area contributed by atoms with Gasteiger partial charge in [-0.15, -0.1) is 0 Å². The number of esters is 1. The summed E-state index contributed by atoms with van der Waals surface area (Å²) in [4.78, 5) is 12.5. The normalized spacial score (nSPS) is 13.9. The van der Waals surface area contributed by atoms with Crippen LogP contribution >= 0.6 is 0 Å². The molecule has 0 saturated heterocycles. The number of rotatable bonds is 6. The van der Waals surface area contributed by atoms with E-state index in [0.29, 0.717) is 24.3 Å². The van der Waals surface area contributed by atoms with Crippen LogP contribution in [0.5, 0.6) is 0 Å². The van der Waals surface area contributed by atoms with Gasteiger partial charge in [0.15, 0.2) is 11.5 Å². The summed E-state index contributed by atoms with van der Waals surface area (Å²) in [6.45, 7) is 4.64. The van der Waals surface area contributed by atoms with Gasteiger partial charge in [0.05, 0.1) is 16.7 Å². The molecule has 32 heavy (non-hydrogen) atoms. The average Bonchev–Trinajstić information content (AvgIpc) is 2.74. The monoisotopic (exact) mass is 460 g/mol. The highest BCUT2D eigenvalue weighted by molar-refractivity contribution is 5.93. The zero-order chi connectivity index (χ0) is 24.3. The van der Waals surface area contributed by atoms with E-state index in [0.717, 1.165) is 24.3 Å². The maximum absolute atomic E-state index is 12.8. The quantitative estimate of drug-likeness (QED) is 0.241. The third-order valence-electron chi connectivity index (χ3n) is 4.51. The van der Waals surface area contributed by atoms with Crippen molar-refractivity contribution in [2.75, 3.05) is 6.61 Å². The molecule has 0 amide bonds. The molecule has 0 aliphatic heterocycles. The van der Waals surface area contributed by atoms with Crippen LogP contribution in [0.25, 0.3) is 5.76 Å². The van der Waals surface area contributed by atoms with Gasteiger partial charge < -0.3 is 14.9 Å². The van der Waals surface area contributed by atoms with Crippen molar-refractivity contribution < 1.29 is 46.1 Å². The van der Waals surface area contributed by atoms with Crippen molar-refractivity contribution in [3.63, 3.8) is 0 Å². The van der Waals surface area contributed by atoms with Crippen LogP contribution in [-0.2, 0) is 17.1 Å². The first kappa shape index (κ1) is 25.0. The highest BCUT2D eigenvalue weighted by Crippen LogP contribution is 2.33. The zero-order valence-electron chi connectivity index (χ0n) is 16.6. The summed E-state index contributed by atoms with van der Waals surface area (Å²) in [7, 11) is 0. The molecule has 172 valence electrons. The van der Waals surface area contributed by atoms with Crippen LogP contribution in [0.4, 0.5) is 26.3 Å². The van der Waals surface area contributed by atoms with Gasteiger partial charge in [0.1, 0.15) is 0 Å².